The van der Waals surface area contributed by atoms with Gasteiger partial charge < -0.3 is 19.8 Å². The first-order chi connectivity index (χ1) is 15.3. The number of fused-ring (bicyclic) bond motifs is 1. The Kier molecular flexibility index (Phi) is 7.74. The first kappa shape index (κ1) is 23.6. The lowest BCUT2D eigenvalue weighted by atomic mass is 10.1. The fraction of sp³-hybridized carbons (Fsp3) is 0.348. The monoisotopic (exact) mass is 452 g/mol. The molecule has 0 bridgehead atoms. The molecule has 0 aliphatic heterocycles. The predicted molar refractivity (Wildman–Crippen MR) is 113 cm³/mol. The highest BCUT2D eigenvalue weighted by molar-refractivity contribution is 5.95. The second kappa shape index (κ2) is 10.5. The Bertz CT molecular complexity index is 1050. The van der Waals surface area contributed by atoms with Gasteiger partial charge in [0.15, 0.2) is 6.61 Å². The lowest BCUT2D eigenvalue weighted by Crippen LogP contribution is -2.33. The molecule has 0 saturated heterocycles. The molecule has 0 spiro atoms. The van der Waals surface area contributed by atoms with Crippen molar-refractivity contribution in [2.75, 3.05) is 19.8 Å². The van der Waals surface area contributed by atoms with Crippen molar-refractivity contribution >= 4 is 16.9 Å². The van der Waals surface area contributed by atoms with E-state index in [2.05, 4.69) is 10.3 Å². The zero-order chi connectivity index (χ0) is 23.1. The summed E-state index contributed by atoms with van der Waals surface area (Å²) in [4.78, 5) is 15.1. The summed E-state index contributed by atoms with van der Waals surface area (Å²) in [6, 6.07) is 11.7. The van der Waals surface area contributed by atoms with Crippen molar-refractivity contribution in [1.29, 1.82) is 0 Å². The number of H-pyrrole nitrogens is 1. The van der Waals surface area contributed by atoms with E-state index in [1.165, 1.54) is 12.1 Å². The van der Waals surface area contributed by atoms with Crippen LogP contribution < -0.4 is 10.1 Å². The molecule has 9 heteroatoms. The molecule has 0 amide bonds. The minimum atomic E-state index is -4.19. The number of ether oxygens (including phenoxy) is 2. The van der Waals surface area contributed by atoms with Crippen molar-refractivity contribution in [2.45, 2.75) is 32.2 Å². The molecular weight excluding hydrogens is 428 g/mol. The number of hydrogen-bond acceptors (Lipinski definition) is 4. The van der Waals surface area contributed by atoms with Gasteiger partial charge in [-0.15, -0.1) is 0 Å². The van der Waals surface area contributed by atoms with Gasteiger partial charge in [-0.2, -0.15) is 8.78 Å². The summed E-state index contributed by atoms with van der Waals surface area (Å²) in [5.74, 6) is -4.46. The van der Waals surface area contributed by atoms with Gasteiger partial charge >= 0.3 is 18.3 Å². The highest BCUT2D eigenvalue weighted by atomic mass is 19.3. The number of rotatable bonds is 11. The fourth-order valence-corrected chi connectivity index (χ4v) is 3.17. The van der Waals surface area contributed by atoms with Gasteiger partial charge in [0.05, 0.1) is 12.2 Å². The molecule has 0 atom stereocenters. The van der Waals surface area contributed by atoms with Crippen LogP contribution >= 0.6 is 0 Å². The summed E-state index contributed by atoms with van der Waals surface area (Å²) in [6.45, 7) is 1.74. The zero-order valence-corrected chi connectivity index (χ0v) is 17.5. The Morgan fingerprint density at radius 1 is 1.19 bits per heavy atom. The molecule has 32 heavy (non-hydrogen) atoms. The molecular formula is C23H24F4N2O3. The number of carbonyl (C=O) groups excluding carboxylic acids is 1. The smallest absolute Gasteiger partial charge is 0.340 e. The van der Waals surface area contributed by atoms with E-state index in [1.807, 2.05) is 12.3 Å². The predicted octanol–water partition coefficient (Wildman–Crippen LogP) is 4.96. The molecule has 1 heterocycles. The third-order valence-corrected chi connectivity index (χ3v) is 4.83. The maximum atomic E-state index is 13.0. The van der Waals surface area contributed by atoms with Gasteiger partial charge in [0, 0.05) is 23.6 Å². The minimum Gasteiger partial charge on any atom is -0.487 e. The number of halogens is 4. The summed E-state index contributed by atoms with van der Waals surface area (Å²) >= 11 is 0. The van der Waals surface area contributed by atoms with E-state index in [-0.39, 0.29) is 11.7 Å². The third kappa shape index (κ3) is 6.00. The molecule has 0 radical (unpaired) electrons. The number of carbonyl (C=O) groups is 1. The van der Waals surface area contributed by atoms with Crippen LogP contribution in [0.4, 0.5) is 17.6 Å². The quantitative estimate of drug-likeness (QED) is 0.245. The van der Waals surface area contributed by atoms with Crippen LogP contribution in [0.5, 0.6) is 5.75 Å². The molecule has 1 aromatic heterocycles. The van der Waals surface area contributed by atoms with Crippen molar-refractivity contribution in [3.63, 3.8) is 0 Å². The Morgan fingerprint density at radius 2 is 2.00 bits per heavy atom. The molecule has 5 nitrogen and oxygen atoms in total. The van der Waals surface area contributed by atoms with Gasteiger partial charge in [0.2, 0.25) is 0 Å². The van der Waals surface area contributed by atoms with Crippen molar-refractivity contribution in [1.82, 2.24) is 10.3 Å². The molecule has 3 rings (SSSR count). The number of aromatic nitrogens is 1. The van der Waals surface area contributed by atoms with E-state index in [4.69, 9.17) is 9.47 Å². The number of nitrogens with one attached hydrogen (secondary N) is 2. The average Bonchev–Trinajstić information content (AvgIpc) is 3.18. The highest BCUT2D eigenvalue weighted by Crippen LogP contribution is 2.25. The van der Waals surface area contributed by atoms with Crippen LogP contribution in [0.1, 0.15) is 28.4 Å². The third-order valence-electron chi connectivity index (χ3n) is 4.83. The first-order valence-electron chi connectivity index (χ1n) is 10.2. The normalized spacial score (nSPS) is 11.8. The Morgan fingerprint density at radius 3 is 2.75 bits per heavy atom. The van der Waals surface area contributed by atoms with Crippen molar-refractivity contribution < 1.29 is 31.8 Å². The number of benzene rings is 2. The van der Waals surface area contributed by atoms with E-state index >= 15 is 0 Å². The standard InChI is InChI=1S/C23H24F4N2O3/c1-2-31-21(30)16-6-7-20-19(11-16)17(13-29-20)8-9-28-12-15-4-3-5-18(10-15)32-14-23(26,27)22(24)25/h3-7,10-11,13,22,28-29H,2,8-9,12,14H2,1H3. The first-order valence-corrected chi connectivity index (χ1v) is 10.2. The van der Waals surface area contributed by atoms with Crippen LogP contribution in [0.15, 0.2) is 48.7 Å². The summed E-state index contributed by atoms with van der Waals surface area (Å²) in [5.41, 5.74) is 3.21. The largest absolute Gasteiger partial charge is 0.487 e. The van der Waals surface area contributed by atoms with E-state index in [0.29, 0.717) is 31.7 Å². The maximum Gasteiger partial charge on any atom is 0.340 e. The number of alkyl halides is 4. The topological polar surface area (TPSA) is 63.4 Å². The molecule has 0 unspecified atom stereocenters. The number of hydrogen-bond donors (Lipinski definition) is 2. The molecule has 0 saturated carbocycles. The van der Waals surface area contributed by atoms with Crippen LogP contribution in [0, 0.1) is 0 Å². The van der Waals surface area contributed by atoms with Gasteiger partial charge in [0.25, 0.3) is 0 Å². The van der Waals surface area contributed by atoms with Crippen LogP contribution in [0.2, 0.25) is 0 Å². The Labute approximate surface area is 182 Å². The van der Waals surface area contributed by atoms with Crippen LogP contribution in [0.25, 0.3) is 10.9 Å². The van der Waals surface area contributed by atoms with Crippen molar-refractivity contribution in [2.24, 2.45) is 0 Å². The highest BCUT2D eigenvalue weighted by Gasteiger charge is 2.41. The van der Waals surface area contributed by atoms with E-state index in [9.17, 15) is 22.4 Å². The SMILES string of the molecule is CCOC(=O)c1ccc2[nH]cc(CCNCc3cccc(OCC(F)(F)C(F)F)c3)c2c1. The minimum absolute atomic E-state index is 0.104. The molecule has 3 aromatic rings. The van der Waals surface area contributed by atoms with Gasteiger partial charge in [-0.05, 0) is 61.3 Å². The summed E-state index contributed by atoms with van der Waals surface area (Å²) in [6.07, 6.45) is -1.20. The molecule has 0 fully saturated rings. The Balaban J connectivity index is 1.54. The van der Waals surface area contributed by atoms with E-state index in [1.54, 1.807) is 31.2 Å². The van der Waals surface area contributed by atoms with E-state index < -0.39 is 19.0 Å². The lowest BCUT2D eigenvalue weighted by molar-refractivity contribution is -0.148. The molecule has 0 aliphatic carbocycles. The van der Waals surface area contributed by atoms with Crippen LogP contribution in [-0.4, -0.2) is 43.1 Å². The summed E-state index contributed by atoms with van der Waals surface area (Å²) < 4.78 is 60.4. The lowest BCUT2D eigenvalue weighted by Gasteiger charge is -2.16. The zero-order valence-electron chi connectivity index (χ0n) is 17.5. The van der Waals surface area contributed by atoms with Gasteiger partial charge in [-0.3, -0.25) is 0 Å². The maximum absolute atomic E-state index is 13.0. The van der Waals surface area contributed by atoms with Gasteiger partial charge in [-0.25, -0.2) is 13.6 Å². The fourth-order valence-electron chi connectivity index (χ4n) is 3.17. The second-order valence-corrected chi connectivity index (χ2v) is 7.22. The van der Waals surface area contributed by atoms with Crippen LogP contribution in [-0.2, 0) is 17.7 Å². The van der Waals surface area contributed by atoms with Gasteiger partial charge in [0.1, 0.15) is 5.75 Å². The molecule has 2 N–H and O–H groups in total. The summed E-state index contributed by atoms with van der Waals surface area (Å²) in [5, 5.41) is 4.19. The van der Waals surface area contributed by atoms with Gasteiger partial charge in [-0.1, -0.05) is 12.1 Å². The molecule has 172 valence electrons. The average molecular weight is 452 g/mol. The Hall–Kier alpha value is -3.07. The number of esters is 1. The molecule has 2 aromatic carbocycles. The van der Waals surface area contributed by atoms with Crippen LogP contribution in [0.3, 0.4) is 0 Å². The van der Waals surface area contributed by atoms with E-state index in [0.717, 1.165) is 22.0 Å². The van der Waals surface area contributed by atoms with Crippen molar-refractivity contribution in [3.05, 3.63) is 65.4 Å². The number of aromatic amines is 1. The van der Waals surface area contributed by atoms with Crippen molar-refractivity contribution in [3.8, 4) is 5.75 Å². The second-order valence-electron chi connectivity index (χ2n) is 7.22. The molecule has 0 aliphatic rings. The summed E-state index contributed by atoms with van der Waals surface area (Å²) in [7, 11) is 0.